The normalized spacial score (nSPS) is 10.5. The van der Waals surface area contributed by atoms with E-state index >= 15 is 0 Å². The highest BCUT2D eigenvalue weighted by atomic mass is 79.9. The van der Waals surface area contributed by atoms with E-state index in [0.29, 0.717) is 0 Å². The molecule has 1 heterocycles. The fraction of sp³-hybridized carbons (Fsp3) is 0.143. The number of hydrogen-bond donors (Lipinski definition) is 0. The Balaban J connectivity index is 2.14. The van der Waals surface area contributed by atoms with Crippen LogP contribution in [0.15, 0.2) is 41.1 Å². The molecule has 2 nitrogen and oxygen atoms in total. The number of benzene rings is 1. The van der Waals surface area contributed by atoms with Crippen LogP contribution in [0.3, 0.4) is 0 Å². The first kappa shape index (κ1) is 13.8. The summed E-state index contributed by atoms with van der Waals surface area (Å²) in [5.41, 5.74) is 0.520. The van der Waals surface area contributed by atoms with Gasteiger partial charge in [0.2, 0.25) is 0 Å². The first-order valence-electron chi connectivity index (χ1n) is 5.61. The summed E-state index contributed by atoms with van der Waals surface area (Å²) in [6.45, 7) is 0. The molecule has 0 spiro atoms. The average Bonchev–Trinajstić information content (AvgIpc) is 2.40. The number of pyridine rings is 1. The van der Waals surface area contributed by atoms with Gasteiger partial charge in [-0.25, -0.2) is 8.78 Å². The quantitative estimate of drug-likeness (QED) is 0.805. The number of carbonyl (C=O) groups excluding carboxylic acids is 1. The van der Waals surface area contributed by atoms with Crippen LogP contribution in [0.1, 0.15) is 11.1 Å². The molecule has 2 aromatic rings. The van der Waals surface area contributed by atoms with Gasteiger partial charge in [-0.1, -0.05) is 6.07 Å². The van der Waals surface area contributed by atoms with Gasteiger partial charge in [0.05, 0.1) is 4.47 Å². The minimum absolute atomic E-state index is 0.110. The smallest absolute Gasteiger partial charge is 0.143 e. The van der Waals surface area contributed by atoms with Crippen molar-refractivity contribution < 1.29 is 13.6 Å². The lowest BCUT2D eigenvalue weighted by molar-refractivity contribution is -0.117. The summed E-state index contributed by atoms with van der Waals surface area (Å²) in [5.74, 6) is -1.69. The largest absolute Gasteiger partial charge is 0.299 e. The molecule has 0 saturated carbocycles. The summed E-state index contributed by atoms with van der Waals surface area (Å²) in [6.07, 6.45) is 3.00. The predicted molar refractivity (Wildman–Crippen MR) is 70.7 cm³/mol. The lowest BCUT2D eigenvalue weighted by atomic mass is 10.0. The second kappa shape index (κ2) is 6.02. The molecular formula is C14H10BrF2NO. The molecule has 1 aromatic heterocycles. The van der Waals surface area contributed by atoms with Gasteiger partial charge in [0.25, 0.3) is 0 Å². The van der Waals surface area contributed by atoms with E-state index in [-0.39, 0.29) is 28.7 Å². The molecule has 0 N–H and O–H groups in total. The van der Waals surface area contributed by atoms with Crippen molar-refractivity contribution in [2.75, 3.05) is 0 Å². The zero-order chi connectivity index (χ0) is 13.8. The molecule has 98 valence electrons. The maximum atomic E-state index is 13.7. The fourth-order valence-electron chi connectivity index (χ4n) is 1.72. The molecule has 0 amide bonds. The number of hydrogen-bond acceptors (Lipinski definition) is 2. The Morgan fingerprint density at radius 1 is 1.21 bits per heavy atom. The Morgan fingerprint density at radius 3 is 2.68 bits per heavy atom. The molecule has 0 saturated heterocycles. The second-order valence-electron chi connectivity index (χ2n) is 4.08. The third-order valence-electron chi connectivity index (χ3n) is 2.64. The predicted octanol–water partition coefficient (Wildman–Crippen LogP) is 3.48. The summed E-state index contributed by atoms with van der Waals surface area (Å²) < 4.78 is 27.4. The van der Waals surface area contributed by atoms with Crippen LogP contribution in [0.5, 0.6) is 0 Å². The van der Waals surface area contributed by atoms with E-state index in [4.69, 9.17) is 0 Å². The lowest BCUT2D eigenvalue weighted by Crippen LogP contribution is -2.10. The molecule has 0 radical (unpaired) electrons. The Labute approximate surface area is 117 Å². The summed E-state index contributed by atoms with van der Waals surface area (Å²) in [5, 5.41) is 0. The number of rotatable bonds is 4. The van der Waals surface area contributed by atoms with Gasteiger partial charge >= 0.3 is 0 Å². The number of aromatic nitrogens is 1. The highest BCUT2D eigenvalue weighted by Crippen LogP contribution is 2.22. The molecular weight excluding hydrogens is 316 g/mol. The molecule has 19 heavy (non-hydrogen) atoms. The Morgan fingerprint density at radius 2 is 2.00 bits per heavy atom. The summed E-state index contributed by atoms with van der Waals surface area (Å²) in [6, 6.07) is 5.88. The highest BCUT2D eigenvalue weighted by Gasteiger charge is 2.16. The van der Waals surface area contributed by atoms with E-state index in [0.717, 1.165) is 11.6 Å². The van der Waals surface area contributed by atoms with Crippen LogP contribution in [-0.2, 0) is 17.6 Å². The summed E-state index contributed by atoms with van der Waals surface area (Å²) >= 11 is 2.97. The molecule has 0 unspecified atom stereocenters. The molecule has 0 fully saturated rings. The van der Waals surface area contributed by atoms with Crippen molar-refractivity contribution in [3.05, 3.63) is 63.9 Å². The molecule has 5 heteroatoms. The molecule has 0 atom stereocenters. The van der Waals surface area contributed by atoms with Crippen molar-refractivity contribution >= 4 is 21.7 Å². The van der Waals surface area contributed by atoms with Crippen LogP contribution in [0.4, 0.5) is 8.78 Å². The number of Topliss-reactive ketones (excluding diaryl/α,β-unsaturated/α-hetero) is 1. The van der Waals surface area contributed by atoms with Crippen LogP contribution in [0.25, 0.3) is 0 Å². The summed E-state index contributed by atoms with van der Waals surface area (Å²) in [7, 11) is 0. The second-order valence-corrected chi connectivity index (χ2v) is 4.93. The topological polar surface area (TPSA) is 30.0 Å². The zero-order valence-corrected chi connectivity index (χ0v) is 11.5. The van der Waals surface area contributed by atoms with Crippen LogP contribution in [0, 0.1) is 11.6 Å². The van der Waals surface area contributed by atoms with Gasteiger partial charge in [-0.15, -0.1) is 0 Å². The van der Waals surface area contributed by atoms with Crippen molar-refractivity contribution in [1.29, 1.82) is 0 Å². The summed E-state index contributed by atoms with van der Waals surface area (Å²) in [4.78, 5) is 15.7. The Kier molecular flexibility index (Phi) is 4.37. The van der Waals surface area contributed by atoms with Gasteiger partial charge in [0.15, 0.2) is 0 Å². The fourth-order valence-corrected chi connectivity index (χ4v) is 2.09. The standard InChI is InChI=1S/C14H10BrF2NO/c15-12-3-4-13(16)11(14(12)17)7-10(19)6-9-2-1-5-18-8-9/h1-5,8H,6-7H2. The third kappa shape index (κ3) is 3.44. The molecule has 0 aliphatic carbocycles. The molecule has 0 bridgehead atoms. The molecule has 1 aromatic carbocycles. The monoisotopic (exact) mass is 325 g/mol. The Bertz CT molecular complexity index is 602. The molecule has 0 aliphatic heterocycles. The van der Waals surface area contributed by atoms with E-state index in [1.165, 1.54) is 6.07 Å². The molecule has 2 rings (SSSR count). The first-order chi connectivity index (χ1) is 9.08. The zero-order valence-electron chi connectivity index (χ0n) is 9.87. The number of halogens is 3. The molecule has 0 aliphatic rings. The lowest BCUT2D eigenvalue weighted by Gasteiger charge is -2.06. The van der Waals surface area contributed by atoms with E-state index in [1.54, 1.807) is 24.5 Å². The van der Waals surface area contributed by atoms with Crippen molar-refractivity contribution in [2.24, 2.45) is 0 Å². The van der Waals surface area contributed by atoms with Gasteiger partial charge in [-0.2, -0.15) is 0 Å². The van der Waals surface area contributed by atoms with Crippen LogP contribution in [-0.4, -0.2) is 10.8 Å². The number of carbonyl (C=O) groups is 1. The van der Waals surface area contributed by atoms with Crippen LogP contribution < -0.4 is 0 Å². The van der Waals surface area contributed by atoms with Crippen LogP contribution >= 0.6 is 15.9 Å². The minimum atomic E-state index is -0.723. The van der Waals surface area contributed by atoms with Crippen LogP contribution in [0.2, 0.25) is 0 Å². The highest BCUT2D eigenvalue weighted by molar-refractivity contribution is 9.10. The minimum Gasteiger partial charge on any atom is -0.299 e. The maximum absolute atomic E-state index is 13.7. The Hall–Kier alpha value is -1.62. The van der Waals surface area contributed by atoms with Crippen molar-refractivity contribution in [2.45, 2.75) is 12.8 Å². The van der Waals surface area contributed by atoms with Gasteiger partial charge in [0.1, 0.15) is 17.4 Å². The van der Waals surface area contributed by atoms with Crippen molar-refractivity contribution in [1.82, 2.24) is 4.98 Å². The van der Waals surface area contributed by atoms with E-state index in [9.17, 15) is 13.6 Å². The van der Waals surface area contributed by atoms with Gasteiger partial charge in [0, 0.05) is 30.8 Å². The van der Waals surface area contributed by atoms with E-state index in [2.05, 4.69) is 20.9 Å². The van der Waals surface area contributed by atoms with Gasteiger partial charge in [-0.05, 0) is 39.7 Å². The average molecular weight is 326 g/mol. The van der Waals surface area contributed by atoms with Crippen molar-refractivity contribution in [3.8, 4) is 0 Å². The maximum Gasteiger partial charge on any atom is 0.143 e. The van der Waals surface area contributed by atoms with Gasteiger partial charge in [-0.3, -0.25) is 9.78 Å². The SMILES string of the molecule is O=C(Cc1cccnc1)Cc1c(F)ccc(Br)c1F. The van der Waals surface area contributed by atoms with Gasteiger partial charge < -0.3 is 0 Å². The van der Waals surface area contributed by atoms with Crippen molar-refractivity contribution in [3.63, 3.8) is 0 Å². The number of ketones is 1. The third-order valence-corrected chi connectivity index (χ3v) is 3.25. The van der Waals surface area contributed by atoms with E-state index < -0.39 is 11.6 Å². The first-order valence-corrected chi connectivity index (χ1v) is 6.40. The number of nitrogens with zero attached hydrogens (tertiary/aromatic N) is 1. The van der Waals surface area contributed by atoms with E-state index in [1.807, 2.05) is 0 Å².